The topological polar surface area (TPSA) is 97.0 Å². The van der Waals surface area contributed by atoms with Gasteiger partial charge in [0.1, 0.15) is 0 Å². The van der Waals surface area contributed by atoms with Gasteiger partial charge in [0.25, 0.3) is 10.0 Å². The number of hydrogen-bond donors (Lipinski definition) is 1. The number of carboxylic acids is 1. The lowest BCUT2D eigenvalue weighted by atomic mass is 10.1. The van der Waals surface area contributed by atoms with E-state index in [0.29, 0.717) is 19.6 Å². The first-order valence-corrected chi connectivity index (χ1v) is 7.39. The molecule has 0 radical (unpaired) electrons. The first kappa shape index (κ1) is 14.8. The molecule has 1 aliphatic heterocycles. The summed E-state index contributed by atoms with van der Waals surface area (Å²) in [5.41, 5.74) is 1.05. The van der Waals surface area contributed by atoms with Crippen molar-refractivity contribution in [3.63, 3.8) is 0 Å². The van der Waals surface area contributed by atoms with Crippen LogP contribution in [-0.4, -0.2) is 50.6 Å². The quantitative estimate of drug-likeness (QED) is 0.813. The third-order valence-electron chi connectivity index (χ3n) is 2.98. The zero-order valence-electron chi connectivity index (χ0n) is 10.9. The molecule has 20 heavy (non-hydrogen) atoms. The summed E-state index contributed by atoms with van der Waals surface area (Å²) in [7, 11) is -2.21. The van der Waals surface area contributed by atoms with Crippen LogP contribution >= 0.6 is 0 Å². The van der Waals surface area contributed by atoms with Crippen LogP contribution in [0.1, 0.15) is 17.0 Å². The van der Waals surface area contributed by atoms with Crippen molar-refractivity contribution in [3.05, 3.63) is 29.5 Å². The Balaban J connectivity index is 2.17. The number of carbonyl (C=O) groups is 1. The normalized spacial score (nSPS) is 16.9. The maximum Gasteiger partial charge on any atom is 0.371 e. The van der Waals surface area contributed by atoms with Crippen LogP contribution in [0.15, 0.2) is 33.3 Å². The molecule has 7 nitrogen and oxygen atoms in total. The van der Waals surface area contributed by atoms with Crippen LogP contribution in [0.2, 0.25) is 0 Å². The number of furan rings is 1. The third-order valence-corrected chi connectivity index (χ3v) is 4.72. The molecule has 8 heteroatoms. The summed E-state index contributed by atoms with van der Waals surface area (Å²) in [6.07, 6.45) is 2.38. The van der Waals surface area contributed by atoms with Gasteiger partial charge in [0.15, 0.2) is 0 Å². The maximum absolute atomic E-state index is 12.3. The fourth-order valence-electron chi connectivity index (χ4n) is 1.93. The van der Waals surface area contributed by atoms with Crippen molar-refractivity contribution in [2.45, 2.75) is 11.5 Å². The van der Waals surface area contributed by atoms with Crippen molar-refractivity contribution in [3.8, 4) is 0 Å². The molecule has 1 aromatic heterocycles. The van der Waals surface area contributed by atoms with E-state index in [0.717, 1.165) is 17.7 Å². The molecule has 0 spiro atoms. The summed E-state index contributed by atoms with van der Waals surface area (Å²) in [5, 5.41) is 8.39. The Hall–Kier alpha value is -1.64. The average Bonchev–Trinajstić information content (AvgIpc) is 2.90. The molecule has 0 saturated heterocycles. The predicted octanol–water partition coefficient (Wildman–Crippen LogP) is 0.945. The van der Waals surface area contributed by atoms with Crippen molar-refractivity contribution in [2.75, 3.05) is 26.8 Å². The minimum absolute atomic E-state index is 0.226. The van der Waals surface area contributed by atoms with Crippen molar-refractivity contribution >= 4 is 16.0 Å². The van der Waals surface area contributed by atoms with Crippen molar-refractivity contribution in [1.29, 1.82) is 0 Å². The summed E-state index contributed by atoms with van der Waals surface area (Å²) in [4.78, 5) is 10.7. The first-order chi connectivity index (χ1) is 9.45. The van der Waals surface area contributed by atoms with Gasteiger partial charge in [0, 0.05) is 20.2 Å². The van der Waals surface area contributed by atoms with Crippen LogP contribution in [0.4, 0.5) is 0 Å². The molecule has 2 heterocycles. The lowest BCUT2D eigenvalue weighted by Crippen LogP contribution is -2.35. The van der Waals surface area contributed by atoms with E-state index >= 15 is 0 Å². The molecule has 1 aliphatic rings. The predicted molar refractivity (Wildman–Crippen MR) is 69.0 cm³/mol. The first-order valence-electron chi connectivity index (χ1n) is 5.95. The molecular formula is C12H15NO6S. The largest absolute Gasteiger partial charge is 0.475 e. The molecule has 0 bridgehead atoms. The van der Waals surface area contributed by atoms with E-state index in [1.165, 1.54) is 4.31 Å². The highest BCUT2D eigenvalue weighted by Gasteiger charge is 2.29. The molecule has 1 aromatic rings. The van der Waals surface area contributed by atoms with Crippen LogP contribution in [0.3, 0.4) is 0 Å². The van der Waals surface area contributed by atoms with Crippen LogP contribution in [0, 0.1) is 0 Å². The fraction of sp³-hybridized carbons (Fsp3) is 0.417. The molecule has 0 fully saturated rings. The van der Waals surface area contributed by atoms with Gasteiger partial charge < -0.3 is 14.3 Å². The summed E-state index contributed by atoms with van der Waals surface area (Å²) in [5.74, 6) is -1.69. The molecule has 0 aromatic carbocycles. The SMILES string of the molecule is COCC1=CCN(S(=O)(=O)c2ccc(C(=O)O)o2)CC1. The number of nitrogens with zero attached hydrogens (tertiary/aromatic N) is 1. The lowest BCUT2D eigenvalue weighted by Gasteiger charge is -2.24. The Bertz CT molecular complexity index is 630. The maximum atomic E-state index is 12.3. The van der Waals surface area contributed by atoms with E-state index in [2.05, 4.69) is 0 Å². The molecule has 110 valence electrons. The van der Waals surface area contributed by atoms with Crippen LogP contribution < -0.4 is 0 Å². The Kier molecular flexibility index (Phi) is 4.26. The van der Waals surface area contributed by atoms with Gasteiger partial charge in [-0.25, -0.2) is 13.2 Å². The second kappa shape index (κ2) is 5.78. The number of aromatic carboxylic acids is 1. The standard InChI is InChI=1S/C12H15NO6S/c1-18-8-9-4-6-13(7-5-9)20(16,17)11-3-2-10(19-11)12(14)15/h2-4H,5-8H2,1H3,(H,14,15). The fourth-order valence-corrected chi connectivity index (χ4v) is 3.22. The van der Waals surface area contributed by atoms with E-state index in [9.17, 15) is 13.2 Å². The van der Waals surface area contributed by atoms with Gasteiger partial charge in [-0.2, -0.15) is 4.31 Å². The Morgan fingerprint density at radius 3 is 2.75 bits per heavy atom. The minimum atomic E-state index is -3.80. The molecule has 0 saturated carbocycles. The summed E-state index contributed by atoms with van der Waals surface area (Å²) >= 11 is 0. The summed E-state index contributed by atoms with van der Waals surface area (Å²) in [6.45, 7) is 1.03. The van der Waals surface area contributed by atoms with Crippen molar-refractivity contribution < 1.29 is 27.5 Å². The second-order valence-electron chi connectivity index (χ2n) is 4.33. The van der Waals surface area contributed by atoms with Crippen molar-refractivity contribution in [2.24, 2.45) is 0 Å². The van der Waals surface area contributed by atoms with E-state index in [-0.39, 0.29) is 11.6 Å². The van der Waals surface area contributed by atoms with Gasteiger partial charge in [0.2, 0.25) is 10.9 Å². The van der Waals surface area contributed by atoms with E-state index < -0.39 is 21.8 Å². The molecule has 2 rings (SSSR count). The van der Waals surface area contributed by atoms with E-state index in [1.807, 2.05) is 0 Å². The minimum Gasteiger partial charge on any atom is -0.475 e. The highest BCUT2D eigenvalue weighted by atomic mass is 32.2. The molecule has 0 unspecified atom stereocenters. The lowest BCUT2D eigenvalue weighted by molar-refractivity contribution is 0.0656. The third kappa shape index (κ3) is 2.92. The highest BCUT2D eigenvalue weighted by molar-refractivity contribution is 7.89. The van der Waals surface area contributed by atoms with Gasteiger partial charge in [0.05, 0.1) is 6.61 Å². The highest BCUT2D eigenvalue weighted by Crippen LogP contribution is 2.22. The number of ether oxygens (including phenoxy) is 1. The van der Waals surface area contributed by atoms with Crippen LogP contribution in [-0.2, 0) is 14.8 Å². The van der Waals surface area contributed by atoms with Crippen LogP contribution in [0.25, 0.3) is 0 Å². The summed E-state index contributed by atoms with van der Waals surface area (Å²) < 4.78 is 35.6. The van der Waals surface area contributed by atoms with Gasteiger partial charge in [-0.15, -0.1) is 0 Å². The molecule has 1 N–H and O–H groups in total. The average molecular weight is 301 g/mol. The molecule has 0 atom stereocenters. The number of sulfonamides is 1. The Labute approximate surface area is 116 Å². The zero-order valence-corrected chi connectivity index (χ0v) is 11.7. The number of rotatable bonds is 5. The Morgan fingerprint density at radius 1 is 1.50 bits per heavy atom. The van der Waals surface area contributed by atoms with Gasteiger partial charge in [-0.05, 0) is 24.1 Å². The van der Waals surface area contributed by atoms with Gasteiger partial charge in [-0.1, -0.05) is 6.08 Å². The Morgan fingerprint density at radius 2 is 2.25 bits per heavy atom. The summed E-state index contributed by atoms with van der Waals surface area (Å²) in [6, 6.07) is 2.29. The zero-order chi connectivity index (χ0) is 14.8. The van der Waals surface area contributed by atoms with Gasteiger partial charge >= 0.3 is 5.97 Å². The van der Waals surface area contributed by atoms with Crippen LogP contribution in [0.5, 0.6) is 0 Å². The monoisotopic (exact) mass is 301 g/mol. The van der Waals surface area contributed by atoms with E-state index in [1.54, 1.807) is 13.2 Å². The molecule has 0 amide bonds. The smallest absolute Gasteiger partial charge is 0.371 e. The van der Waals surface area contributed by atoms with Gasteiger partial charge in [-0.3, -0.25) is 0 Å². The molecular weight excluding hydrogens is 286 g/mol. The number of methoxy groups -OCH3 is 1. The number of hydrogen-bond acceptors (Lipinski definition) is 5. The molecule has 0 aliphatic carbocycles. The number of carboxylic acid groups (broad SMARTS) is 1. The van der Waals surface area contributed by atoms with E-state index in [4.69, 9.17) is 14.3 Å². The van der Waals surface area contributed by atoms with Crippen molar-refractivity contribution in [1.82, 2.24) is 4.31 Å². The second-order valence-corrected chi connectivity index (χ2v) is 6.20.